The Bertz CT molecular complexity index is 1530. The second-order valence-corrected chi connectivity index (χ2v) is 10.3. The zero-order valence-corrected chi connectivity index (χ0v) is 18.8. The van der Waals surface area contributed by atoms with Crippen molar-refractivity contribution >= 4 is 48.5 Å². The minimum atomic E-state index is -3.88. The van der Waals surface area contributed by atoms with Gasteiger partial charge < -0.3 is 5.32 Å². The molecule has 0 spiro atoms. The molecule has 5 rings (SSSR count). The van der Waals surface area contributed by atoms with Crippen molar-refractivity contribution in [2.45, 2.75) is 30.7 Å². The number of hydrogen-bond acceptors (Lipinski definition) is 7. The van der Waals surface area contributed by atoms with Crippen LogP contribution in [0.4, 0.5) is 11.5 Å². The molecule has 0 aliphatic carbocycles. The molecule has 0 amide bonds. The first-order valence-electron chi connectivity index (χ1n) is 9.62. The molecule has 0 saturated carbocycles. The Hall–Kier alpha value is -3.30. The van der Waals surface area contributed by atoms with E-state index < -0.39 is 9.84 Å². The van der Waals surface area contributed by atoms with Gasteiger partial charge in [-0.3, -0.25) is 0 Å². The average molecular weight is 450 g/mol. The predicted octanol–water partition coefficient (Wildman–Crippen LogP) is 4.84. The van der Waals surface area contributed by atoms with Crippen molar-refractivity contribution in [3.8, 4) is 0 Å². The Labute approximate surface area is 183 Å². The summed E-state index contributed by atoms with van der Waals surface area (Å²) in [6.07, 6.45) is 0. The number of rotatable bonds is 4. The molecule has 0 fully saturated rings. The molecule has 7 nitrogen and oxygen atoms in total. The summed E-state index contributed by atoms with van der Waals surface area (Å²) >= 11 is 1.51. The van der Waals surface area contributed by atoms with Crippen LogP contribution < -0.4 is 5.32 Å². The summed E-state index contributed by atoms with van der Waals surface area (Å²) in [5, 5.41) is 13.2. The van der Waals surface area contributed by atoms with Gasteiger partial charge in [0.05, 0.1) is 15.1 Å². The van der Waals surface area contributed by atoms with Crippen molar-refractivity contribution in [2.24, 2.45) is 0 Å². The first-order chi connectivity index (χ1) is 14.8. The maximum Gasteiger partial charge on any atom is 0.229 e. The summed E-state index contributed by atoms with van der Waals surface area (Å²) in [4.78, 5) is 4.82. The molecule has 0 aliphatic rings. The van der Waals surface area contributed by atoms with Gasteiger partial charge >= 0.3 is 0 Å². The summed E-state index contributed by atoms with van der Waals surface area (Å²) < 4.78 is 28.9. The minimum Gasteiger partial charge on any atom is -0.339 e. The fourth-order valence-electron chi connectivity index (χ4n) is 3.59. The number of hydrogen-bond donors (Lipinski definition) is 1. The van der Waals surface area contributed by atoms with Crippen molar-refractivity contribution in [3.63, 3.8) is 0 Å². The summed E-state index contributed by atoms with van der Waals surface area (Å²) in [6, 6.07) is 14.7. The van der Waals surface area contributed by atoms with Gasteiger partial charge in [-0.1, -0.05) is 29.0 Å². The lowest BCUT2D eigenvalue weighted by Gasteiger charge is -2.10. The van der Waals surface area contributed by atoms with Gasteiger partial charge in [0.1, 0.15) is 0 Å². The topological polar surface area (TPSA) is 89.2 Å². The van der Waals surface area contributed by atoms with E-state index in [1.54, 1.807) is 24.3 Å². The van der Waals surface area contributed by atoms with E-state index in [9.17, 15) is 8.42 Å². The van der Waals surface area contributed by atoms with Crippen LogP contribution in [0.3, 0.4) is 0 Å². The molecule has 9 heteroatoms. The van der Waals surface area contributed by atoms with Crippen LogP contribution in [0, 0.1) is 20.8 Å². The maximum atomic E-state index is 13.3. The van der Waals surface area contributed by atoms with Crippen LogP contribution in [0.1, 0.15) is 16.7 Å². The van der Waals surface area contributed by atoms with Gasteiger partial charge in [0, 0.05) is 5.69 Å². The van der Waals surface area contributed by atoms with E-state index in [1.807, 2.05) is 44.4 Å². The van der Waals surface area contributed by atoms with Gasteiger partial charge in [-0.25, -0.2) is 13.4 Å². The van der Waals surface area contributed by atoms with Crippen molar-refractivity contribution < 1.29 is 8.42 Å². The van der Waals surface area contributed by atoms with E-state index >= 15 is 0 Å². The molecule has 0 radical (unpaired) electrons. The molecule has 156 valence electrons. The molecule has 31 heavy (non-hydrogen) atoms. The molecule has 5 aromatic rings. The fraction of sp³-hybridized carbons (Fsp3) is 0.136. The monoisotopic (exact) mass is 449 g/mol. The Morgan fingerprint density at radius 3 is 2.35 bits per heavy atom. The Morgan fingerprint density at radius 1 is 0.935 bits per heavy atom. The molecule has 0 aliphatic heterocycles. The smallest absolute Gasteiger partial charge is 0.229 e. The molecule has 0 saturated heterocycles. The first kappa shape index (κ1) is 19.7. The fourth-order valence-corrected chi connectivity index (χ4v) is 5.65. The van der Waals surface area contributed by atoms with E-state index in [0.717, 1.165) is 32.6 Å². The van der Waals surface area contributed by atoms with E-state index in [4.69, 9.17) is 0 Å². The van der Waals surface area contributed by atoms with Crippen molar-refractivity contribution in [3.05, 3.63) is 70.6 Å². The summed E-state index contributed by atoms with van der Waals surface area (Å²) in [5.74, 6) is 0.574. The molecule has 0 bridgehead atoms. The average Bonchev–Trinajstić information content (AvgIpc) is 3.34. The molecular weight excluding hydrogens is 430 g/mol. The lowest BCUT2D eigenvalue weighted by Crippen LogP contribution is -2.05. The van der Waals surface area contributed by atoms with Gasteiger partial charge in [0.2, 0.25) is 14.9 Å². The third kappa shape index (κ3) is 3.35. The van der Waals surface area contributed by atoms with Crippen LogP contribution in [0.25, 0.3) is 15.9 Å². The highest BCUT2D eigenvalue weighted by Gasteiger charge is 2.27. The van der Waals surface area contributed by atoms with Crippen LogP contribution >= 0.6 is 11.3 Å². The number of nitrogens with zero attached hydrogens (tertiary/aromatic N) is 4. The maximum absolute atomic E-state index is 13.3. The molecule has 3 heterocycles. The normalized spacial score (nSPS) is 12.0. The van der Waals surface area contributed by atoms with Crippen molar-refractivity contribution in [1.29, 1.82) is 0 Å². The Kier molecular flexibility index (Phi) is 4.53. The molecule has 2 aromatic carbocycles. The summed E-state index contributed by atoms with van der Waals surface area (Å²) in [7, 11) is -3.88. The molecule has 0 unspecified atom stereocenters. The van der Waals surface area contributed by atoms with Gasteiger partial charge in [0.25, 0.3) is 0 Å². The zero-order valence-electron chi connectivity index (χ0n) is 17.1. The number of fused-ring (bicyclic) bond motifs is 3. The molecule has 3 aromatic heterocycles. The van der Waals surface area contributed by atoms with Crippen LogP contribution in [-0.4, -0.2) is 28.2 Å². The number of benzene rings is 2. The lowest BCUT2D eigenvalue weighted by molar-refractivity contribution is 0.592. The van der Waals surface area contributed by atoms with Crippen LogP contribution in [0.15, 0.2) is 63.8 Å². The summed E-state index contributed by atoms with van der Waals surface area (Å²) in [5.41, 5.74) is 5.06. The van der Waals surface area contributed by atoms with Crippen molar-refractivity contribution in [1.82, 2.24) is 19.8 Å². The lowest BCUT2D eigenvalue weighted by atomic mass is 10.1. The highest BCUT2D eigenvalue weighted by molar-refractivity contribution is 7.91. The predicted molar refractivity (Wildman–Crippen MR) is 122 cm³/mol. The minimum absolute atomic E-state index is 0.159. The number of nitrogens with one attached hydrogen (secondary N) is 1. The van der Waals surface area contributed by atoms with Gasteiger partial charge in [-0.05, 0) is 67.6 Å². The molecule has 0 atom stereocenters. The van der Waals surface area contributed by atoms with Gasteiger partial charge in [-0.15, -0.1) is 16.4 Å². The standard InChI is InChI=1S/C22H19N5O2S2/c1-13-4-6-17(7-5-13)31(28,29)22-21-24-20(23-16-11-14(2)10-15(3)12-16)19-18(8-9-30-19)27(21)26-25-22/h4-12H,1-3H3,(H,23,24). The third-order valence-electron chi connectivity index (χ3n) is 4.99. The number of aromatic nitrogens is 4. The number of thiophene rings is 1. The number of aryl methyl sites for hydroxylation is 3. The highest BCUT2D eigenvalue weighted by Crippen LogP contribution is 2.33. The van der Waals surface area contributed by atoms with E-state index in [1.165, 1.54) is 15.9 Å². The number of anilines is 2. The van der Waals surface area contributed by atoms with E-state index in [0.29, 0.717) is 5.82 Å². The van der Waals surface area contributed by atoms with Crippen LogP contribution in [0.5, 0.6) is 0 Å². The Balaban J connectivity index is 1.71. The van der Waals surface area contributed by atoms with Gasteiger partial charge in [0.15, 0.2) is 11.5 Å². The highest BCUT2D eigenvalue weighted by atomic mass is 32.2. The van der Waals surface area contributed by atoms with Crippen molar-refractivity contribution in [2.75, 3.05) is 5.32 Å². The largest absolute Gasteiger partial charge is 0.339 e. The van der Waals surface area contributed by atoms with E-state index in [2.05, 4.69) is 26.7 Å². The first-order valence-corrected chi connectivity index (χ1v) is 12.0. The van der Waals surface area contributed by atoms with Crippen LogP contribution in [0.2, 0.25) is 0 Å². The quantitative estimate of drug-likeness (QED) is 0.422. The van der Waals surface area contributed by atoms with Gasteiger partial charge in [-0.2, -0.15) is 4.52 Å². The number of sulfone groups is 1. The summed E-state index contributed by atoms with van der Waals surface area (Å²) in [6.45, 7) is 5.97. The zero-order chi connectivity index (χ0) is 21.8. The van der Waals surface area contributed by atoms with E-state index in [-0.39, 0.29) is 15.6 Å². The molecule has 1 N–H and O–H groups in total. The second-order valence-electron chi connectivity index (χ2n) is 7.54. The molecular formula is C22H19N5O2S2. The Morgan fingerprint density at radius 2 is 1.65 bits per heavy atom. The third-order valence-corrected chi connectivity index (χ3v) is 7.57. The second kappa shape index (κ2) is 7.14. The van der Waals surface area contributed by atoms with Crippen LogP contribution in [-0.2, 0) is 9.84 Å². The SMILES string of the molecule is Cc1ccc(S(=O)(=O)c2nnn3c2nc(Nc2cc(C)cc(C)c2)c2sccc23)cc1.